The zero-order valence-electron chi connectivity index (χ0n) is 13.7. The molecule has 24 heavy (non-hydrogen) atoms. The van der Waals surface area contributed by atoms with Crippen LogP contribution in [0.15, 0.2) is 66.2 Å². The topological polar surface area (TPSA) is 33.2 Å². The van der Waals surface area contributed by atoms with Gasteiger partial charge in [-0.3, -0.25) is 9.69 Å². The van der Waals surface area contributed by atoms with E-state index in [1.165, 1.54) is 11.1 Å². The Bertz CT molecular complexity index is 767. The summed E-state index contributed by atoms with van der Waals surface area (Å²) in [5, 5.41) is 2.03. The summed E-state index contributed by atoms with van der Waals surface area (Å²) in [5.74, 6) is 0.808. The minimum absolute atomic E-state index is 0.0997. The predicted molar refractivity (Wildman–Crippen MR) is 99.2 cm³/mol. The van der Waals surface area contributed by atoms with Crippen molar-refractivity contribution >= 4 is 23.1 Å². The van der Waals surface area contributed by atoms with Crippen LogP contribution in [0.25, 0.3) is 0 Å². The van der Waals surface area contributed by atoms with Crippen molar-refractivity contribution in [2.24, 2.45) is 0 Å². The molecule has 0 aliphatic carbocycles. The molecule has 122 valence electrons. The van der Waals surface area contributed by atoms with Crippen LogP contribution < -0.4 is 4.90 Å². The van der Waals surface area contributed by atoms with Crippen LogP contribution in [0.1, 0.15) is 22.4 Å². The van der Waals surface area contributed by atoms with Crippen LogP contribution in [0.5, 0.6) is 0 Å². The molecule has 0 bridgehead atoms. The molecule has 3 rings (SSSR count). The number of aromatic nitrogens is 1. The molecule has 4 heteroatoms. The molecule has 0 N–H and O–H groups in total. The van der Waals surface area contributed by atoms with Gasteiger partial charge in [-0.25, -0.2) is 4.98 Å². The maximum absolute atomic E-state index is 12.8. The Balaban J connectivity index is 1.72. The second kappa shape index (κ2) is 7.88. The van der Waals surface area contributed by atoms with E-state index in [9.17, 15) is 4.79 Å². The number of hydrogen-bond donors (Lipinski definition) is 0. The first-order valence-electron chi connectivity index (χ1n) is 8.02. The molecule has 0 unspecified atom stereocenters. The summed E-state index contributed by atoms with van der Waals surface area (Å²) in [6.07, 6.45) is 2.95. The van der Waals surface area contributed by atoms with Crippen LogP contribution in [0.3, 0.4) is 0 Å². The molecule has 0 atom stereocenters. The van der Waals surface area contributed by atoms with Gasteiger partial charge in [0, 0.05) is 17.5 Å². The molecule has 1 aromatic carbocycles. The van der Waals surface area contributed by atoms with Crippen LogP contribution in [0, 0.1) is 6.92 Å². The van der Waals surface area contributed by atoms with Gasteiger partial charge in [0.05, 0.1) is 6.54 Å². The van der Waals surface area contributed by atoms with Crippen LogP contribution in [0.2, 0.25) is 0 Å². The molecule has 0 aliphatic heterocycles. The number of aryl methyl sites for hydroxylation is 2. The predicted octanol–water partition coefficient (Wildman–Crippen LogP) is 4.62. The first-order chi connectivity index (χ1) is 11.7. The smallest absolute Gasteiger partial charge is 0.228 e. The fraction of sp³-hybridized carbons (Fsp3) is 0.200. The fourth-order valence-corrected chi connectivity index (χ4v) is 3.20. The molecule has 2 aromatic heterocycles. The van der Waals surface area contributed by atoms with Crippen molar-refractivity contribution < 1.29 is 4.79 Å². The van der Waals surface area contributed by atoms with Gasteiger partial charge in [0.15, 0.2) is 0 Å². The van der Waals surface area contributed by atoms with E-state index in [0.717, 1.165) is 11.3 Å². The van der Waals surface area contributed by atoms with Crippen LogP contribution in [-0.2, 0) is 17.8 Å². The maximum atomic E-state index is 12.8. The quantitative estimate of drug-likeness (QED) is 0.658. The van der Waals surface area contributed by atoms with Gasteiger partial charge in [0.2, 0.25) is 5.91 Å². The van der Waals surface area contributed by atoms with Crippen molar-refractivity contribution in [3.8, 4) is 0 Å². The van der Waals surface area contributed by atoms with Crippen LogP contribution >= 0.6 is 11.3 Å². The second-order valence-corrected chi connectivity index (χ2v) is 6.77. The Labute approximate surface area is 146 Å². The van der Waals surface area contributed by atoms with Crippen LogP contribution in [-0.4, -0.2) is 10.9 Å². The average molecular weight is 336 g/mol. The monoisotopic (exact) mass is 336 g/mol. The molecule has 0 spiro atoms. The Morgan fingerprint density at radius 3 is 2.58 bits per heavy atom. The number of benzene rings is 1. The third-order valence-electron chi connectivity index (χ3n) is 3.87. The molecular weight excluding hydrogens is 316 g/mol. The first kappa shape index (κ1) is 16.4. The van der Waals surface area contributed by atoms with E-state index in [2.05, 4.69) is 36.2 Å². The van der Waals surface area contributed by atoms with Crippen molar-refractivity contribution in [2.75, 3.05) is 4.90 Å². The summed E-state index contributed by atoms with van der Waals surface area (Å²) in [4.78, 5) is 20.1. The molecular formula is C20H20N2OS. The van der Waals surface area contributed by atoms with Gasteiger partial charge in [0.1, 0.15) is 5.82 Å². The number of thiophene rings is 1. The zero-order valence-corrected chi connectivity index (χ0v) is 14.5. The highest BCUT2D eigenvalue weighted by molar-refractivity contribution is 7.09. The lowest BCUT2D eigenvalue weighted by atomic mass is 10.1. The van der Waals surface area contributed by atoms with E-state index < -0.39 is 0 Å². The van der Waals surface area contributed by atoms with Gasteiger partial charge < -0.3 is 0 Å². The minimum Gasteiger partial charge on any atom is -0.292 e. The van der Waals surface area contributed by atoms with Gasteiger partial charge in [-0.1, -0.05) is 42.0 Å². The largest absolute Gasteiger partial charge is 0.292 e. The molecule has 3 aromatic rings. The standard InChI is InChI=1S/C20H20N2OS/c1-16-7-9-17(10-8-16)11-12-20(23)22(15-18-5-4-14-24-18)19-6-2-3-13-21-19/h2-10,13-14H,11-12,15H2,1H3. The Morgan fingerprint density at radius 2 is 1.92 bits per heavy atom. The number of rotatable bonds is 6. The normalized spacial score (nSPS) is 10.5. The summed E-state index contributed by atoms with van der Waals surface area (Å²) in [5.41, 5.74) is 2.42. The lowest BCUT2D eigenvalue weighted by molar-refractivity contribution is -0.118. The highest BCUT2D eigenvalue weighted by Gasteiger charge is 2.17. The van der Waals surface area contributed by atoms with Gasteiger partial charge >= 0.3 is 0 Å². The highest BCUT2D eigenvalue weighted by atomic mass is 32.1. The van der Waals surface area contributed by atoms with E-state index in [-0.39, 0.29) is 5.91 Å². The lowest BCUT2D eigenvalue weighted by Crippen LogP contribution is -2.31. The minimum atomic E-state index is 0.0997. The third-order valence-corrected chi connectivity index (χ3v) is 4.73. The van der Waals surface area contributed by atoms with Gasteiger partial charge in [-0.15, -0.1) is 11.3 Å². The van der Waals surface area contributed by atoms with Gasteiger partial charge in [-0.05, 0) is 42.5 Å². The van der Waals surface area contributed by atoms with Crippen molar-refractivity contribution in [1.82, 2.24) is 4.98 Å². The molecule has 3 nitrogen and oxygen atoms in total. The fourth-order valence-electron chi connectivity index (χ4n) is 2.51. The number of carbonyl (C=O) groups excluding carboxylic acids is 1. The Kier molecular flexibility index (Phi) is 5.39. The first-order valence-corrected chi connectivity index (χ1v) is 8.89. The highest BCUT2D eigenvalue weighted by Crippen LogP contribution is 2.19. The lowest BCUT2D eigenvalue weighted by Gasteiger charge is -2.21. The van der Waals surface area contributed by atoms with Crippen molar-refractivity contribution in [3.63, 3.8) is 0 Å². The molecule has 0 saturated heterocycles. The molecule has 2 heterocycles. The number of anilines is 1. The summed E-state index contributed by atoms with van der Waals surface area (Å²) < 4.78 is 0. The summed E-state index contributed by atoms with van der Waals surface area (Å²) in [7, 11) is 0. The van der Waals surface area contributed by atoms with Crippen molar-refractivity contribution in [2.45, 2.75) is 26.3 Å². The number of amides is 1. The van der Waals surface area contributed by atoms with E-state index in [4.69, 9.17) is 0 Å². The maximum Gasteiger partial charge on any atom is 0.228 e. The van der Waals surface area contributed by atoms with Gasteiger partial charge in [0.25, 0.3) is 0 Å². The van der Waals surface area contributed by atoms with E-state index in [0.29, 0.717) is 18.8 Å². The SMILES string of the molecule is Cc1ccc(CCC(=O)N(Cc2cccs2)c2ccccn2)cc1. The average Bonchev–Trinajstić information content (AvgIpc) is 3.13. The van der Waals surface area contributed by atoms with Crippen molar-refractivity contribution in [1.29, 1.82) is 0 Å². The van der Waals surface area contributed by atoms with E-state index in [1.807, 2.05) is 35.7 Å². The summed E-state index contributed by atoms with van der Waals surface area (Å²) >= 11 is 1.66. The molecule has 0 aliphatic rings. The number of hydrogen-bond acceptors (Lipinski definition) is 3. The molecule has 0 saturated carbocycles. The number of pyridine rings is 1. The van der Waals surface area contributed by atoms with Gasteiger partial charge in [-0.2, -0.15) is 0 Å². The molecule has 1 amide bonds. The second-order valence-electron chi connectivity index (χ2n) is 5.73. The van der Waals surface area contributed by atoms with E-state index in [1.54, 1.807) is 22.4 Å². The number of carbonyl (C=O) groups is 1. The Morgan fingerprint density at radius 1 is 1.08 bits per heavy atom. The zero-order chi connectivity index (χ0) is 16.8. The van der Waals surface area contributed by atoms with Crippen molar-refractivity contribution in [3.05, 3.63) is 82.2 Å². The number of nitrogens with zero attached hydrogens (tertiary/aromatic N) is 2. The molecule has 0 radical (unpaired) electrons. The summed E-state index contributed by atoms with van der Waals surface area (Å²) in [6, 6.07) is 18.1. The van der Waals surface area contributed by atoms with E-state index >= 15 is 0 Å². The Hall–Kier alpha value is -2.46. The summed E-state index contributed by atoms with van der Waals surface area (Å²) in [6.45, 7) is 2.64. The third kappa shape index (κ3) is 4.30. The molecule has 0 fully saturated rings. The van der Waals surface area contributed by atoms with Crippen LogP contribution in [0.4, 0.5) is 5.82 Å².